The molecule has 28 heavy (non-hydrogen) atoms. The van der Waals surface area contributed by atoms with Crippen molar-refractivity contribution in [3.8, 4) is 0 Å². The van der Waals surface area contributed by atoms with Crippen LogP contribution in [0.4, 0.5) is 5.82 Å². The average molecular weight is 395 g/mol. The second-order valence-electron chi connectivity index (χ2n) is 7.30. The van der Waals surface area contributed by atoms with E-state index >= 15 is 0 Å². The third-order valence-electron chi connectivity index (χ3n) is 4.55. The van der Waals surface area contributed by atoms with Crippen molar-refractivity contribution >= 4 is 17.7 Å². The van der Waals surface area contributed by atoms with Crippen molar-refractivity contribution in [3.63, 3.8) is 0 Å². The van der Waals surface area contributed by atoms with E-state index in [4.69, 9.17) is 18.9 Å². The molecule has 0 aliphatic carbocycles. The zero-order chi connectivity index (χ0) is 20.6. The van der Waals surface area contributed by atoms with Crippen molar-refractivity contribution in [1.29, 1.82) is 0 Å². The second kappa shape index (κ2) is 7.61. The first-order valence-corrected chi connectivity index (χ1v) is 9.15. The van der Waals surface area contributed by atoms with Crippen LogP contribution < -0.4 is 11.0 Å². The molecule has 0 aromatic carbocycles. The highest BCUT2D eigenvalue weighted by Gasteiger charge is 2.55. The van der Waals surface area contributed by atoms with Gasteiger partial charge in [0, 0.05) is 25.6 Å². The summed E-state index contributed by atoms with van der Waals surface area (Å²) in [4.78, 5) is 39.2. The molecule has 10 heteroatoms. The van der Waals surface area contributed by atoms with Crippen molar-refractivity contribution in [2.75, 3.05) is 5.32 Å². The summed E-state index contributed by atoms with van der Waals surface area (Å²) in [6, 6.07) is 0. The molecule has 0 radical (unpaired) electrons. The lowest BCUT2D eigenvalue weighted by molar-refractivity contribution is -0.197. The molecule has 2 fully saturated rings. The molecule has 1 unspecified atom stereocenters. The maximum Gasteiger partial charge on any atom is 0.351 e. The van der Waals surface area contributed by atoms with Crippen LogP contribution in [0.2, 0.25) is 0 Å². The van der Waals surface area contributed by atoms with Gasteiger partial charge < -0.3 is 24.3 Å². The number of carbonyl (C=O) groups is 2. The van der Waals surface area contributed by atoms with E-state index in [1.54, 1.807) is 0 Å². The van der Waals surface area contributed by atoms with Crippen LogP contribution in [-0.2, 0) is 35.1 Å². The van der Waals surface area contributed by atoms with E-state index < -0.39 is 35.7 Å². The van der Waals surface area contributed by atoms with Gasteiger partial charge in [-0.25, -0.2) is 4.79 Å². The van der Waals surface area contributed by atoms with Crippen LogP contribution >= 0.6 is 0 Å². The summed E-state index contributed by atoms with van der Waals surface area (Å²) in [5, 5.41) is 2.48. The number of esters is 1. The van der Waals surface area contributed by atoms with Crippen LogP contribution in [0.1, 0.15) is 52.8 Å². The van der Waals surface area contributed by atoms with Crippen LogP contribution in [0.5, 0.6) is 0 Å². The predicted molar refractivity (Wildman–Crippen MR) is 96.3 cm³/mol. The van der Waals surface area contributed by atoms with E-state index in [1.165, 1.54) is 24.6 Å². The van der Waals surface area contributed by atoms with Gasteiger partial charge in [0.25, 0.3) is 0 Å². The number of anilines is 1. The molecule has 2 aliphatic rings. The molecule has 10 nitrogen and oxygen atoms in total. The number of ether oxygens (including phenoxy) is 4. The Morgan fingerprint density at radius 1 is 1.29 bits per heavy atom. The third-order valence-corrected chi connectivity index (χ3v) is 4.55. The van der Waals surface area contributed by atoms with E-state index in [9.17, 15) is 14.4 Å². The van der Waals surface area contributed by atoms with Gasteiger partial charge >= 0.3 is 11.7 Å². The molecule has 1 aromatic rings. The fourth-order valence-electron chi connectivity index (χ4n) is 3.46. The zero-order valence-electron chi connectivity index (χ0n) is 16.6. The van der Waals surface area contributed by atoms with Gasteiger partial charge in [-0.2, -0.15) is 4.98 Å². The van der Waals surface area contributed by atoms with Crippen LogP contribution in [0.3, 0.4) is 0 Å². The van der Waals surface area contributed by atoms with Crippen molar-refractivity contribution in [2.45, 2.75) is 78.0 Å². The molecule has 4 atom stereocenters. The van der Waals surface area contributed by atoms with Gasteiger partial charge in [0.05, 0.1) is 6.10 Å². The predicted octanol–water partition coefficient (Wildman–Crippen LogP) is 1.09. The summed E-state index contributed by atoms with van der Waals surface area (Å²) in [6.45, 7) is 7.99. The van der Waals surface area contributed by atoms with Crippen LogP contribution in [-0.4, -0.2) is 45.5 Å². The van der Waals surface area contributed by atoms with Gasteiger partial charge in [0.1, 0.15) is 24.6 Å². The van der Waals surface area contributed by atoms with Crippen LogP contribution in [0.15, 0.2) is 11.0 Å². The number of hydrogen-bond donors (Lipinski definition) is 1. The van der Waals surface area contributed by atoms with E-state index in [-0.39, 0.29) is 24.6 Å². The molecule has 1 amide bonds. The lowest BCUT2D eigenvalue weighted by atomic mass is 10.1. The maximum atomic E-state index is 12.7. The Morgan fingerprint density at radius 3 is 2.57 bits per heavy atom. The first-order chi connectivity index (χ1) is 13.1. The Hall–Kier alpha value is -2.30. The number of nitrogens with zero attached hydrogens (tertiary/aromatic N) is 2. The molecule has 3 rings (SSSR count). The summed E-state index contributed by atoms with van der Waals surface area (Å²) < 4.78 is 24.3. The largest absolute Gasteiger partial charge is 0.461 e. The summed E-state index contributed by atoms with van der Waals surface area (Å²) in [5.74, 6) is -1.64. The summed E-state index contributed by atoms with van der Waals surface area (Å²) in [7, 11) is 0. The van der Waals surface area contributed by atoms with E-state index in [0.717, 1.165) is 0 Å². The average Bonchev–Trinajstić information content (AvgIpc) is 3.06. The summed E-state index contributed by atoms with van der Waals surface area (Å²) >= 11 is 0. The number of hydrogen-bond acceptors (Lipinski definition) is 8. The molecule has 0 spiro atoms. The van der Waals surface area contributed by atoms with E-state index in [2.05, 4.69) is 10.3 Å². The quantitative estimate of drug-likeness (QED) is 0.736. The van der Waals surface area contributed by atoms with Crippen molar-refractivity contribution < 1.29 is 28.5 Å². The summed E-state index contributed by atoms with van der Waals surface area (Å²) in [6.07, 6.45) is 0.355. The fourth-order valence-corrected chi connectivity index (χ4v) is 3.46. The number of fused-ring (bicyclic) bond motifs is 1. The molecule has 154 valence electrons. The van der Waals surface area contributed by atoms with E-state index in [0.29, 0.717) is 12.0 Å². The summed E-state index contributed by atoms with van der Waals surface area (Å²) in [5.41, 5.74) is -0.257. The Morgan fingerprint density at radius 2 is 1.96 bits per heavy atom. The van der Waals surface area contributed by atoms with Gasteiger partial charge in [-0.15, -0.1) is 0 Å². The standard InChI is InChI=1S/C18H25N3O7/c1-6-12-13-14(28-18(4,5)27-13)16(26-12)21-7-11(8-25-10(3)23)15(19-9(2)22)20-17(21)24/h7,12-14,16H,6,8H2,1-5H3,(H,19,20,22,24)/t12-,13+,14?,16-/m1/s1. The Kier molecular flexibility index (Phi) is 5.55. The number of aromatic nitrogens is 2. The molecule has 3 heterocycles. The number of amides is 1. The lowest BCUT2D eigenvalue weighted by Gasteiger charge is -2.25. The number of nitrogens with one attached hydrogen (secondary N) is 1. The smallest absolute Gasteiger partial charge is 0.351 e. The second-order valence-corrected chi connectivity index (χ2v) is 7.30. The number of rotatable bonds is 5. The molecule has 1 aromatic heterocycles. The van der Waals surface area contributed by atoms with Gasteiger partial charge in [-0.3, -0.25) is 14.2 Å². The van der Waals surface area contributed by atoms with Crippen LogP contribution in [0, 0.1) is 0 Å². The van der Waals surface area contributed by atoms with Gasteiger partial charge in [0.2, 0.25) is 5.91 Å². The maximum absolute atomic E-state index is 12.7. The van der Waals surface area contributed by atoms with Gasteiger partial charge in [-0.05, 0) is 20.3 Å². The molecule has 0 saturated carbocycles. The fraction of sp³-hybridized carbons (Fsp3) is 0.667. The zero-order valence-corrected chi connectivity index (χ0v) is 16.6. The molecular weight excluding hydrogens is 370 g/mol. The van der Waals surface area contributed by atoms with Crippen molar-refractivity contribution in [3.05, 3.63) is 22.2 Å². The SMILES string of the molecule is CC[C@H]1O[C@@H](n2cc(COC(C)=O)c(NC(C)=O)nc2=O)C2OC(C)(C)O[C@H]21. The molecular formula is C18H25N3O7. The minimum Gasteiger partial charge on any atom is -0.461 e. The van der Waals surface area contributed by atoms with E-state index in [1.807, 2.05) is 20.8 Å². The Labute approximate surface area is 162 Å². The lowest BCUT2D eigenvalue weighted by Crippen LogP contribution is -2.36. The minimum absolute atomic E-state index is 0.0421. The Balaban J connectivity index is 1.98. The van der Waals surface area contributed by atoms with Crippen molar-refractivity contribution in [1.82, 2.24) is 9.55 Å². The molecule has 2 aliphatic heterocycles. The van der Waals surface area contributed by atoms with Gasteiger partial charge in [0.15, 0.2) is 12.0 Å². The first-order valence-electron chi connectivity index (χ1n) is 9.15. The molecule has 0 bridgehead atoms. The van der Waals surface area contributed by atoms with Gasteiger partial charge in [-0.1, -0.05) is 6.92 Å². The highest BCUT2D eigenvalue weighted by molar-refractivity contribution is 5.88. The topological polar surface area (TPSA) is 118 Å². The first kappa shape index (κ1) is 20.4. The highest BCUT2D eigenvalue weighted by Crippen LogP contribution is 2.43. The number of carbonyl (C=O) groups excluding carboxylic acids is 2. The minimum atomic E-state index is -0.793. The van der Waals surface area contributed by atoms with Crippen LogP contribution in [0.25, 0.3) is 0 Å². The molecule has 1 N–H and O–H groups in total. The third kappa shape index (κ3) is 4.08. The van der Waals surface area contributed by atoms with Crippen molar-refractivity contribution in [2.24, 2.45) is 0 Å². The normalized spacial score (nSPS) is 28.0. The highest BCUT2D eigenvalue weighted by atomic mass is 16.8. The monoisotopic (exact) mass is 395 g/mol. The Bertz CT molecular complexity index is 835. The molecule has 2 saturated heterocycles.